The predicted molar refractivity (Wildman–Crippen MR) is 76.5 cm³/mol. The Hall–Kier alpha value is -1.83. The van der Waals surface area contributed by atoms with Crippen LogP contribution in [0, 0.1) is 0 Å². The van der Waals surface area contributed by atoms with Crippen molar-refractivity contribution in [3.8, 4) is 0 Å². The zero-order valence-corrected chi connectivity index (χ0v) is 13.0. The van der Waals surface area contributed by atoms with E-state index < -0.39 is 17.8 Å². The van der Waals surface area contributed by atoms with Gasteiger partial charge in [-0.05, 0) is 18.9 Å². The number of nitrogens with zero attached hydrogens (tertiary/aromatic N) is 2. The summed E-state index contributed by atoms with van der Waals surface area (Å²) in [6.45, 7) is 1.81. The molecule has 1 atom stereocenters. The van der Waals surface area contributed by atoms with Crippen LogP contribution in [0.25, 0.3) is 0 Å². The zero-order valence-electron chi connectivity index (χ0n) is 12.3. The molecule has 2 heterocycles. The van der Waals surface area contributed by atoms with Crippen LogP contribution in [-0.2, 0) is 22.3 Å². The molecule has 2 amide bonds. The predicted octanol–water partition coefficient (Wildman–Crippen LogP) is 2.38. The van der Waals surface area contributed by atoms with Crippen LogP contribution < -0.4 is 5.32 Å². The van der Waals surface area contributed by atoms with Gasteiger partial charge in [-0.15, -0.1) is 0 Å². The Morgan fingerprint density at radius 3 is 2.74 bits per heavy atom. The van der Waals surface area contributed by atoms with Crippen molar-refractivity contribution in [2.24, 2.45) is 0 Å². The fraction of sp³-hybridized carbons (Fsp3) is 0.500. The van der Waals surface area contributed by atoms with E-state index in [9.17, 15) is 22.8 Å². The molecule has 0 radical (unpaired) electrons. The van der Waals surface area contributed by atoms with Gasteiger partial charge in [0, 0.05) is 19.7 Å². The number of aromatic nitrogens is 1. The summed E-state index contributed by atoms with van der Waals surface area (Å²) in [5.41, 5.74) is -0.809. The van der Waals surface area contributed by atoms with Gasteiger partial charge in [0.2, 0.25) is 11.8 Å². The third-order valence-corrected chi connectivity index (χ3v) is 3.96. The van der Waals surface area contributed by atoms with Crippen LogP contribution in [0.15, 0.2) is 12.3 Å². The summed E-state index contributed by atoms with van der Waals surface area (Å²) in [7, 11) is 0. The lowest BCUT2D eigenvalue weighted by molar-refractivity contribution is -0.137. The molecule has 2 rings (SSSR count). The van der Waals surface area contributed by atoms with E-state index in [1.54, 1.807) is 0 Å². The second-order valence-electron chi connectivity index (χ2n) is 5.24. The van der Waals surface area contributed by atoms with Gasteiger partial charge in [0.25, 0.3) is 0 Å². The summed E-state index contributed by atoms with van der Waals surface area (Å²) in [5.74, 6) is -0.552. The minimum Gasteiger partial charge on any atom is -0.349 e. The average molecular weight is 350 g/mol. The maximum Gasteiger partial charge on any atom is 0.417 e. The molecule has 0 bridgehead atoms. The summed E-state index contributed by atoms with van der Waals surface area (Å²) >= 11 is 5.78. The third-order valence-electron chi connectivity index (χ3n) is 3.63. The number of carbonyl (C=O) groups excluding carboxylic acids is 2. The molecule has 1 aliphatic heterocycles. The average Bonchev–Trinajstić information content (AvgIpc) is 2.94. The van der Waals surface area contributed by atoms with Crippen molar-refractivity contribution in [3.63, 3.8) is 0 Å². The molecular formula is C14H15ClF3N3O2. The first-order chi connectivity index (χ1) is 10.7. The highest BCUT2D eigenvalue weighted by molar-refractivity contribution is 6.31. The molecule has 0 aromatic carbocycles. The van der Waals surface area contributed by atoms with Crippen molar-refractivity contribution in [1.29, 1.82) is 0 Å². The summed E-state index contributed by atoms with van der Waals surface area (Å²) in [6.07, 6.45) is -2.56. The first-order valence-electron chi connectivity index (χ1n) is 6.96. The number of likely N-dealkylation sites (tertiary alicyclic amines) is 1. The van der Waals surface area contributed by atoms with Crippen LogP contribution in [0.2, 0.25) is 5.02 Å². The van der Waals surface area contributed by atoms with Gasteiger partial charge in [0.1, 0.15) is 6.04 Å². The van der Waals surface area contributed by atoms with E-state index in [0.29, 0.717) is 19.2 Å². The monoisotopic (exact) mass is 349 g/mol. The molecule has 1 aromatic rings. The second kappa shape index (κ2) is 6.74. The maximum absolute atomic E-state index is 12.5. The summed E-state index contributed by atoms with van der Waals surface area (Å²) in [4.78, 5) is 28.7. The van der Waals surface area contributed by atoms with Gasteiger partial charge in [0.05, 0.1) is 22.8 Å². The molecule has 126 valence electrons. The van der Waals surface area contributed by atoms with Crippen LogP contribution >= 0.6 is 11.6 Å². The van der Waals surface area contributed by atoms with E-state index in [2.05, 4.69) is 10.3 Å². The molecular weight excluding hydrogens is 335 g/mol. The lowest BCUT2D eigenvalue weighted by atomic mass is 10.2. The number of rotatable bonds is 3. The van der Waals surface area contributed by atoms with E-state index in [1.807, 2.05) is 0 Å². The van der Waals surface area contributed by atoms with Crippen molar-refractivity contribution in [1.82, 2.24) is 15.2 Å². The van der Waals surface area contributed by atoms with E-state index in [1.165, 1.54) is 11.8 Å². The van der Waals surface area contributed by atoms with Crippen molar-refractivity contribution in [3.05, 3.63) is 28.5 Å². The van der Waals surface area contributed by atoms with Crippen molar-refractivity contribution >= 4 is 23.4 Å². The Labute approximate surface area is 135 Å². The molecule has 0 saturated carbocycles. The molecule has 9 heteroatoms. The lowest BCUT2D eigenvalue weighted by Crippen LogP contribution is -2.45. The molecule has 23 heavy (non-hydrogen) atoms. The normalized spacial score (nSPS) is 18.1. The molecule has 0 spiro atoms. The first-order valence-corrected chi connectivity index (χ1v) is 7.34. The van der Waals surface area contributed by atoms with Crippen LogP contribution in [-0.4, -0.2) is 34.3 Å². The van der Waals surface area contributed by atoms with Gasteiger partial charge in [-0.1, -0.05) is 11.6 Å². The number of amides is 2. The van der Waals surface area contributed by atoms with Gasteiger partial charge in [-0.25, -0.2) is 0 Å². The number of nitrogens with one attached hydrogen (secondary N) is 1. The second-order valence-corrected chi connectivity index (χ2v) is 5.65. The highest BCUT2D eigenvalue weighted by Gasteiger charge is 2.33. The third kappa shape index (κ3) is 4.13. The molecule has 1 aromatic heterocycles. The molecule has 1 fully saturated rings. The summed E-state index contributed by atoms with van der Waals surface area (Å²) in [5, 5.41) is 2.39. The Kier molecular flexibility index (Phi) is 5.13. The number of hydrogen-bond acceptors (Lipinski definition) is 3. The molecule has 0 unspecified atom stereocenters. The fourth-order valence-corrected chi connectivity index (χ4v) is 2.69. The summed E-state index contributed by atoms with van der Waals surface area (Å²) in [6, 6.07) is 0.216. The van der Waals surface area contributed by atoms with Crippen molar-refractivity contribution in [2.45, 2.75) is 38.5 Å². The van der Waals surface area contributed by atoms with Crippen molar-refractivity contribution in [2.75, 3.05) is 6.54 Å². The largest absolute Gasteiger partial charge is 0.417 e. The smallest absolute Gasteiger partial charge is 0.349 e. The minimum atomic E-state index is -4.52. The quantitative estimate of drug-likeness (QED) is 0.911. The number of pyridine rings is 1. The van der Waals surface area contributed by atoms with Crippen LogP contribution in [0.1, 0.15) is 31.0 Å². The minimum absolute atomic E-state index is 0.0992. The SMILES string of the molecule is CC(=O)N1CCC[C@@H]1C(=O)NCc1ncc(C(F)(F)F)cc1Cl. The highest BCUT2D eigenvalue weighted by atomic mass is 35.5. The van der Waals surface area contributed by atoms with Crippen LogP contribution in [0.3, 0.4) is 0 Å². The Bertz CT molecular complexity index is 622. The van der Waals surface area contributed by atoms with Crippen LogP contribution in [0.5, 0.6) is 0 Å². The number of halogens is 4. The number of hydrogen-bond donors (Lipinski definition) is 1. The number of carbonyl (C=O) groups is 2. The maximum atomic E-state index is 12.5. The van der Waals surface area contributed by atoms with Gasteiger partial charge in [-0.3, -0.25) is 14.6 Å². The molecule has 0 aliphatic carbocycles. The van der Waals surface area contributed by atoms with E-state index >= 15 is 0 Å². The first kappa shape index (κ1) is 17.5. The topological polar surface area (TPSA) is 62.3 Å². The van der Waals surface area contributed by atoms with Crippen LogP contribution in [0.4, 0.5) is 13.2 Å². The van der Waals surface area contributed by atoms with E-state index in [0.717, 1.165) is 12.5 Å². The molecule has 1 saturated heterocycles. The van der Waals surface area contributed by atoms with Crippen molar-refractivity contribution < 1.29 is 22.8 Å². The zero-order chi connectivity index (χ0) is 17.2. The van der Waals surface area contributed by atoms with Gasteiger partial charge in [0.15, 0.2) is 0 Å². The summed E-state index contributed by atoms with van der Waals surface area (Å²) < 4.78 is 37.6. The van der Waals surface area contributed by atoms with E-state index in [4.69, 9.17) is 11.6 Å². The Morgan fingerprint density at radius 1 is 1.48 bits per heavy atom. The van der Waals surface area contributed by atoms with Gasteiger partial charge >= 0.3 is 6.18 Å². The highest BCUT2D eigenvalue weighted by Crippen LogP contribution is 2.31. The van der Waals surface area contributed by atoms with Gasteiger partial charge in [-0.2, -0.15) is 13.2 Å². The Balaban J connectivity index is 2.01. The molecule has 5 nitrogen and oxygen atoms in total. The lowest BCUT2D eigenvalue weighted by Gasteiger charge is -2.22. The van der Waals surface area contributed by atoms with E-state index in [-0.39, 0.29) is 29.1 Å². The molecule has 1 aliphatic rings. The number of alkyl halides is 3. The molecule has 1 N–H and O–H groups in total. The van der Waals surface area contributed by atoms with Gasteiger partial charge < -0.3 is 10.2 Å². The standard InChI is InChI=1S/C14H15ClF3N3O2/c1-8(22)21-4-2-3-12(21)13(23)20-7-11-10(15)5-9(6-19-11)14(16,17)18/h5-6,12H,2-4,7H2,1H3,(H,20,23)/t12-/m1/s1. The Morgan fingerprint density at radius 2 is 2.17 bits per heavy atom. The fourth-order valence-electron chi connectivity index (χ4n) is 2.46.